The smallest absolute Gasteiger partial charge is 0.139 e. The quantitative estimate of drug-likeness (QED) is 0.611. The first kappa shape index (κ1) is 10.2. The van der Waals surface area contributed by atoms with Crippen molar-refractivity contribution in [2.75, 3.05) is 11.1 Å². The number of carbonyl (C=O) groups excluding carboxylic acids is 1. The lowest BCUT2D eigenvalue weighted by atomic mass is 10.5. The average molecular weight is 176 g/mol. The number of Topliss-reactive ketones (excluding diaryl/α,β-unsaturated/α-hetero) is 1. The molecular formula is C7H16OSSi. The highest BCUT2D eigenvalue weighted by molar-refractivity contribution is 8.01. The van der Waals surface area contributed by atoms with E-state index in [-0.39, 0.29) is 0 Å². The average Bonchev–Trinajstić information content (AvgIpc) is 1.59. The Balaban J connectivity index is 3.29. The van der Waals surface area contributed by atoms with Crippen LogP contribution in [0.3, 0.4) is 0 Å². The third kappa shape index (κ3) is 8.24. The normalized spacial score (nSPS) is 11.6. The summed E-state index contributed by atoms with van der Waals surface area (Å²) in [6, 6.07) is 0. The zero-order valence-electron chi connectivity index (χ0n) is 7.23. The van der Waals surface area contributed by atoms with Gasteiger partial charge in [-0.05, 0) is 12.3 Å². The molecule has 0 heterocycles. The summed E-state index contributed by atoms with van der Waals surface area (Å²) in [4.78, 5) is 10.5. The van der Waals surface area contributed by atoms with E-state index in [2.05, 4.69) is 19.6 Å². The summed E-state index contributed by atoms with van der Waals surface area (Å²) < 4.78 is 0. The maximum Gasteiger partial charge on any atom is 0.139 e. The highest BCUT2D eigenvalue weighted by Crippen LogP contribution is 2.10. The molecule has 0 amide bonds. The van der Waals surface area contributed by atoms with Crippen molar-refractivity contribution < 1.29 is 4.79 Å². The van der Waals surface area contributed by atoms with Crippen LogP contribution in [0, 0.1) is 0 Å². The number of ketones is 1. The van der Waals surface area contributed by atoms with Crippen LogP contribution < -0.4 is 0 Å². The second-order valence-electron chi connectivity index (χ2n) is 3.76. The fourth-order valence-electron chi connectivity index (χ4n) is 0.501. The van der Waals surface area contributed by atoms with Crippen LogP contribution in [0.15, 0.2) is 0 Å². The molecule has 0 aliphatic heterocycles. The Kier molecular flexibility index (Phi) is 4.28. The molecule has 0 unspecified atom stereocenters. The standard InChI is InChI=1S/C7H16OSSi/c1-7(8)5-9-6-10(2,3)4/h5-6H2,1-4H3. The molecule has 10 heavy (non-hydrogen) atoms. The summed E-state index contributed by atoms with van der Waals surface area (Å²) in [5, 5.41) is 1.20. The van der Waals surface area contributed by atoms with Gasteiger partial charge in [-0.15, -0.1) is 0 Å². The molecule has 0 aliphatic rings. The fraction of sp³-hybridized carbons (Fsp3) is 0.857. The van der Waals surface area contributed by atoms with Gasteiger partial charge in [-0.2, -0.15) is 11.8 Å². The zero-order chi connectivity index (χ0) is 8.20. The van der Waals surface area contributed by atoms with Gasteiger partial charge in [0.15, 0.2) is 0 Å². The van der Waals surface area contributed by atoms with Crippen LogP contribution in [0.2, 0.25) is 19.6 Å². The third-order valence-corrected chi connectivity index (χ3v) is 5.73. The van der Waals surface area contributed by atoms with Gasteiger partial charge in [0.1, 0.15) is 5.78 Å². The lowest BCUT2D eigenvalue weighted by Crippen LogP contribution is -2.24. The molecule has 0 aromatic heterocycles. The Labute approximate surface area is 68.6 Å². The summed E-state index contributed by atoms with van der Waals surface area (Å²) in [6.45, 7) is 8.61. The van der Waals surface area contributed by atoms with Crippen molar-refractivity contribution >= 4 is 25.6 Å². The molecule has 0 bridgehead atoms. The van der Waals surface area contributed by atoms with Crippen molar-refractivity contribution in [2.45, 2.75) is 26.6 Å². The van der Waals surface area contributed by atoms with Crippen LogP contribution in [-0.2, 0) is 4.79 Å². The van der Waals surface area contributed by atoms with Crippen LogP contribution in [0.25, 0.3) is 0 Å². The molecule has 0 aromatic carbocycles. The second kappa shape index (κ2) is 4.19. The minimum absolute atomic E-state index is 0.295. The zero-order valence-corrected chi connectivity index (χ0v) is 9.05. The predicted octanol–water partition coefficient (Wildman–Crippen LogP) is 2.19. The van der Waals surface area contributed by atoms with Gasteiger partial charge in [-0.1, -0.05) is 19.6 Å². The molecule has 0 saturated heterocycles. The summed E-state index contributed by atoms with van der Waals surface area (Å²) in [5.74, 6) is 0.993. The maximum absolute atomic E-state index is 10.5. The Morgan fingerprint density at radius 1 is 1.40 bits per heavy atom. The van der Waals surface area contributed by atoms with E-state index in [1.54, 1.807) is 18.7 Å². The van der Waals surface area contributed by atoms with Crippen LogP contribution >= 0.6 is 11.8 Å². The molecule has 60 valence electrons. The van der Waals surface area contributed by atoms with E-state index in [4.69, 9.17) is 0 Å². The minimum atomic E-state index is -0.913. The van der Waals surface area contributed by atoms with Crippen molar-refractivity contribution in [3.05, 3.63) is 0 Å². The predicted molar refractivity (Wildman–Crippen MR) is 51.4 cm³/mol. The van der Waals surface area contributed by atoms with E-state index in [1.807, 2.05) is 0 Å². The summed E-state index contributed by atoms with van der Waals surface area (Å²) in [7, 11) is -0.913. The number of thioether (sulfide) groups is 1. The van der Waals surface area contributed by atoms with Crippen molar-refractivity contribution in [2.24, 2.45) is 0 Å². The second-order valence-corrected chi connectivity index (χ2v) is 10.7. The molecular weight excluding hydrogens is 160 g/mol. The van der Waals surface area contributed by atoms with Gasteiger partial charge < -0.3 is 0 Å². The molecule has 0 fully saturated rings. The first-order valence-electron chi connectivity index (χ1n) is 3.49. The molecule has 0 spiro atoms. The van der Waals surface area contributed by atoms with E-state index >= 15 is 0 Å². The number of carbonyl (C=O) groups is 1. The van der Waals surface area contributed by atoms with Crippen LogP contribution in [0.1, 0.15) is 6.92 Å². The number of rotatable bonds is 4. The molecule has 0 rings (SSSR count). The molecule has 0 aliphatic carbocycles. The molecule has 3 heteroatoms. The van der Waals surface area contributed by atoms with E-state index in [0.29, 0.717) is 11.5 Å². The first-order chi connectivity index (χ1) is 4.42. The molecule has 0 aromatic rings. The third-order valence-electron chi connectivity index (χ3n) is 0.840. The maximum atomic E-state index is 10.5. The SMILES string of the molecule is CC(=O)CSC[Si](C)(C)C. The van der Waals surface area contributed by atoms with Crippen molar-refractivity contribution in [3.8, 4) is 0 Å². The highest BCUT2D eigenvalue weighted by atomic mass is 32.2. The number of hydrogen-bond acceptors (Lipinski definition) is 2. The Morgan fingerprint density at radius 3 is 2.20 bits per heavy atom. The largest absolute Gasteiger partial charge is 0.299 e. The van der Waals surface area contributed by atoms with Gasteiger partial charge in [0, 0.05) is 0 Å². The molecule has 0 radical (unpaired) electrons. The van der Waals surface area contributed by atoms with E-state index in [9.17, 15) is 4.79 Å². The van der Waals surface area contributed by atoms with E-state index in [1.165, 1.54) is 5.38 Å². The van der Waals surface area contributed by atoms with Gasteiger partial charge in [0.25, 0.3) is 0 Å². The number of hydrogen-bond donors (Lipinski definition) is 0. The fourth-order valence-corrected chi connectivity index (χ4v) is 3.65. The lowest BCUT2D eigenvalue weighted by molar-refractivity contribution is -0.114. The van der Waals surface area contributed by atoms with Crippen molar-refractivity contribution in [1.29, 1.82) is 0 Å². The Hall–Kier alpha value is 0.237. The van der Waals surface area contributed by atoms with Gasteiger partial charge in [-0.3, -0.25) is 4.79 Å². The van der Waals surface area contributed by atoms with Crippen molar-refractivity contribution in [3.63, 3.8) is 0 Å². The van der Waals surface area contributed by atoms with Gasteiger partial charge >= 0.3 is 0 Å². The van der Waals surface area contributed by atoms with Gasteiger partial charge in [0.05, 0.1) is 13.8 Å². The molecule has 0 atom stereocenters. The lowest BCUT2D eigenvalue weighted by Gasteiger charge is -2.13. The van der Waals surface area contributed by atoms with Gasteiger partial charge in [0.2, 0.25) is 0 Å². The highest BCUT2D eigenvalue weighted by Gasteiger charge is 2.12. The van der Waals surface area contributed by atoms with Crippen LogP contribution in [0.4, 0.5) is 0 Å². The minimum Gasteiger partial charge on any atom is -0.299 e. The van der Waals surface area contributed by atoms with Crippen LogP contribution in [0.5, 0.6) is 0 Å². The first-order valence-corrected chi connectivity index (χ1v) is 8.35. The summed E-state index contributed by atoms with van der Waals surface area (Å²) in [5.41, 5.74) is 0. The Morgan fingerprint density at radius 2 is 1.90 bits per heavy atom. The van der Waals surface area contributed by atoms with E-state index < -0.39 is 8.07 Å². The molecule has 1 nitrogen and oxygen atoms in total. The Bertz CT molecular complexity index is 117. The summed E-state index contributed by atoms with van der Waals surface area (Å²) in [6.07, 6.45) is 0. The molecule has 0 saturated carbocycles. The van der Waals surface area contributed by atoms with E-state index in [0.717, 1.165) is 0 Å². The monoisotopic (exact) mass is 176 g/mol. The summed E-state index contributed by atoms with van der Waals surface area (Å²) >= 11 is 1.78. The molecule has 0 N–H and O–H groups in total. The topological polar surface area (TPSA) is 17.1 Å². The van der Waals surface area contributed by atoms with Crippen LogP contribution in [-0.4, -0.2) is 25.0 Å². The van der Waals surface area contributed by atoms with Crippen molar-refractivity contribution in [1.82, 2.24) is 0 Å². The van der Waals surface area contributed by atoms with Gasteiger partial charge in [-0.25, -0.2) is 0 Å².